The van der Waals surface area contributed by atoms with Crippen LogP contribution in [0, 0.1) is 16.0 Å². The standard InChI is InChI=1S/C18H24ClN3O4.ClH/c19-14-3-4-17(16(11-14)22(24)25)26-10-7-18(23)21-8-5-15(6-9-21)20-12-13-1-2-13;/h3-4,11,13,15,20H,1-2,5-10,12H2;1H. The summed E-state index contributed by atoms with van der Waals surface area (Å²) in [5.41, 5.74) is -0.187. The van der Waals surface area contributed by atoms with Crippen LogP contribution in [0.4, 0.5) is 5.69 Å². The van der Waals surface area contributed by atoms with Gasteiger partial charge in [-0.3, -0.25) is 14.9 Å². The maximum atomic E-state index is 12.3. The smallest absolute Gasteiger partial charge is 0.312 e. The number of carbonyl (C=O) groups excluding carboxylic acids is 1. The van der Waals surface area contributed by atoms with Crippen LogP contribution >= 0.6 is 24.0 Å². The summed E-state index contributed by atoms with van der Waals surface area (Å²) in [4.78, 5) is 24.7. The lowest BCUT2D eigenvalue weighted by Gasteiger charge is -2.32. The summed E-state index contributed by atoms with van der Waals surface area (Å²) in [7, 11) is 0. The number of nitrogens with zero attached hydrogens (tertiary/aromatic N) is 2. The van der Waals surface area contributed by atoms with E-state index in [4.69, 9.17) is 16.3 Å². The molecule has 9 heteroatoms. The Hall–Kier alpha value is -1.57. The van der Waals surface area contributed by atoms with Crippen molar-refractivity contribution in [2.45, 2.75) is 38.1 Å². The summed E-state index contributed by atoms with van der Waals surface area (Å²) in [5.74, 6) is 1.03. The Kier molecular flexibility index (Phi) is 8.13. The lowest BCUT2D eigenvalue weighted by atomic mass is 10.0. The molecule has 0 spiro atoms. The minimum absolute atomic E-state index is 0. The van der Waals surface area contributed by atoms with Gasteiger partial charge >= 0.3 is 5.69 Å². The van der Waals surface area contributed by atoms with E-state index in [0.717, 1.165) is 38.4 Å². The zero-order chi connectivity index (χ0) is 18.5. The number of amides is 1. The topological polar surface area (TPSA) is 84.7 Å². The molecule has 0 unspecified atom stereocenters. The fourth-order valence-electron chi connectivity index (χ4n) is 3.15. The second-order valence-electron chi connectivity index (χ2n) is 6.97. The second kappa shape index (κ2) is 10.1. The SMILES string of the molecule is Cl.O=C(CCOc1ccc(Cl)cc1[N+](=O)[O-])N1CCC(NCC2CC2)CC1. The number of piperidine rings is 1. The van der Waals surface area contributed by atoms with Crippen molar-refractivity contribution in [3.8, 4) is 5.75 Å². The van der Waals surface area contributed by atoms with Crippen molar-refractivity contribution in [3.63, 3.8) is 0 Å². The molecule has 0 radical (unpaired) electrons. The van der Waals surface area contributed by atoms with Crippen LogP contribution in [-0.2, 0) is 4.79 Å². The maximum absolute atomic E-state index is 12.3. The number of likely N-dealkylation sites (tertiary alicyclic amines) is 1. The van der Waals surface area contributed by atoms with E-state index >= 15 is 0 Å². The van der Waals surface area contributed by atoms with Gasteiger partial charge < -0.3 is 15.0 Å². The van der Waals surface area contributed by atoms with E-state index in [1.165, 1.54) is 31.0 Å². The minimum atomic E-state index is -0.539. The van der Waals surface area contributed by atoms with E-state index < -0.39 is 4.92 Å². The predicted octanol–water partition coefficient (Wildman–Crippen LogP) is 3.43. The Balaban J connectivity index is 0.00000261. The zero-order valence-electron chi connectivity index (χ0n) is 15.1. The van der Waals surface area contributed by atoms with Gasteiger partial charge in [-0.1, -0.05) is 11.6 Å². The number of rotatable bonds is 8. The fourth-order valence-corrected chi connectivity index (χ4v) is 3.32. The first kappa shape index (κ1) is 21.7. The number of benzene rings is 1. The molecule has 1 saturated carbocycles. The summed E-state index contributed by atoms with van der Waals surface area (Å²) in [5, 5.41) is 14.9. The van der Waals surface area contributed by atoms with Crippen LogP contribution in [0.5, 0.6) is 5.75 Å². The molecule has 1 saturated heterocycles. The van der Waals surface area contributed by atoms with Gasteiger partial charge in [0.15, 0.2) is 5.75 Å². The molecule has 1 aromatic rings. The van der Waals surface area contributed by atoms with Gasteiger partial charge in [0.1, 0.15) is 0 Å². The largest absolute Gasteiger partial charge is 0.486 e. The van der Waals surface area contributed by atoms with Crippen LogP contribution in [0.3, 0.4) is 0 Å². The number of hydrogen-bond donors (Lipinski definition) is 1. The first-order valence-corrected chi connectivity index (χ1v) is 9.48. The van der Waals surface area contributed by atoms with Gasteiger partial charge in [0, 0.05) is 30.2 Å². The van der Waals surface area contributed by atoms with Crippen molar-refractivity contribution >= 4 is 35.6 Å². The number of nitrogens with one attached hydrogen (secondary N) is 1. The highest BCUT2D eigenvalue weighted by atomic mass is 35.5. The highest BCUT2D eigenvalue weighted by Gasteiger charge is 2.26. The average molecular weight is 418 g/mol. The molecule has 1 aromatic carbocycles. The lowest BCUT2D eigenvalue weighted by Crippen LogP contribution is -2.45. The summed E-state index contributed by atoms with van der Waals surface area (Å²) in [6.45, 7) is 2.72. The van der Waals surface area contributed by atoms with Gasteiger partial charge in [0.2, 0.25) is 5.91 Å². The third-order valence-corrected chi connectivity index (χ3v) is 5.17. The zero-order valence-corrected chi connectivity index (χ0v) is 16.6. The molecule has 0 bridgehead atoms. The third kappa shape index (κ3) is 6.52. The quantitative estimate of drug-likeness (QED) is 0.517. The van der Waals surface area contributed by atoms with Crippen molar-refractivity contribution in [2.75, 3.05) is 26.2 Å². The first-order valence-electron chi connectivity index (χ1n) is 9.11. The van der Waals surface area contributed by atoms with Crippen molar-refractivity contribution in [1.82, 2.24) is 10.2 Å². The van der Waals surface area contributed by atoms with E-state index in [-0.39, 0.29) is 47.8 Å². The number of nitro benzene ring substituents is 1. The Labute approximate surface area is 169 Å². The molecule has 2 fully saturated rings. The highest BCUT2D eigenvalue weighted by molar-refractivity contribution is 6.30. The first-order chi connectivity index (χ1) is 12.5. The van der Waals surface area contributed by atoms with Crippen molar-refractivity contribution in [2.24, 2.45) is 5.92 Å². The molecule has 3 rings (SSSR count). The van der Waals surface area contributed by atoms with E-state index in [2.05, 4.69) is 5.32 Å². The van der Waals surface area contributed by atoms with Crippen LogP contribution in [0.1, 0.15) is 32.1 Å². The van der Waals surface area contributed by atoms with Gasteiger partial charge in [0.05, 0.1) is 18.0 Å². The van der Waals surface area contributed by atoms with E-state index in [0.29, 0.717) is 6.04 Å². The summed E-state index contributed by atoms with van der Waals surface area (Å²) in [6, 6.07) is 4.75. The summed E-state index contributed by atoms with van der Waals surface area (Å²) in [6.07, 6.45) is 4.84. The maximum Gasteiger partial charge on any atom is 0.312 e. The number of ether oxygens (including phenoxy) is 1. The minimum Gasteiger partial charge on any atom is -0.486 e. The molecule has 0 aromatic heterocycles. The lowest BCUT2D eigenvalue weighted by molar-refractivity contribution is -0.385. The molecule has 2 aliphatic rings. The van der Waals surface area contributed by atoms with Crippen LogP contribution in [0.2, 0.25) is 5.02 Å². The van der Waals surface area contributed by atoms with Gasteiger partial charge in [0.25, 0.3) is 0 Å². The Bertz CT molecular complexity index is 662. The molecule has 27 heavy (non-hydrogen) atoms. The van der Waals surface area contributed by atoms with Crippen molar-refractivity contribution in [3.05, 3.63) is 33.3 Å². The molecule has 7 nitrogen and oxygen atoms in total. The van der Waals surface area contributed by atoms with Gasteiger partial charge in [-0.2, -0.15) is 0 Å². The van der Waals surface area contributed by atoms with Crippen LogP contribution in [0.25, 0.3) is 0 Å². The van der Waals surface area contributed by atoms with E-state index in [1.54, 1.807) is 0 Å². The number of carbonyl (C=O) groups is 1. The third-order valence-electron chi connectivity index (χ3n) is 4.93. The molecule has 1 N–H and O–H groups in total. The second-order valence-corrected chi connectivity index (χ2v) is 7.41. The molecular formula is C18H25Cl2N3O4. The van der Waals surface area contributed by atoms with Crippen LogP contribution in [-0.4, -0.2) is 48.0 Å². The molecule has 1 heterocycles. The molecule has 1 aliphatic carbocycles. The van der Waals surface area contributed by atoms with Crippen molar-refractivity contribution < 1.29 is 14.5 Å². The Morgan fingerprint density at radius 1 is 1.30 bits per heavy atom. The molecule has 1 aliphatic heterocycles. The number of hydrogen-bond acceptors (Lipinski definition) is 5. The van der Waals surface area contributed by atoms with Crippen LogP contribution < -0.4 is 10.1 Å². The average Bonchev–Trinajstić information content (AvgIpc) is 3.46. The van der Waals surface area contributed by atoms with E-state index in [1.807, 2.05) is 4.90 Å². The predicted molar refractivity (Wildman–Crippen MR) is 106 cm³/mol. The fraction of sp³-hybridized carbons (Fsp3) is 0.611. The van der Waals surface area contributed by atoms with E-state index in [9.17, 15) is 14.9 Å². The Morgan fingerprint density at radius 2 is 2.00 bits per heavy atom. The number of nitro groups is 1. The highest BCUT2D eigenvalue weighted by Crippen LogP contribution is 2.30. The van der Waals surface area contributed by atoms with Crippen LogP contribution in [0.15, 0.2) is 18.2 Å². The van der Waals surface area contributed by atoms with Gasteiger partial charge in [-0.25, -0.2) is 0 Å². The monoisotopic (exact) mass is 417 g/mol. The summed E-state index contributed by atoms with van der Waals surface area (Å²) >= 11 is 5.78. The normalized spacial score (nSPS) is 17.3. The van der Waals surface area contributed by atoms with Gasteiger partial charge in [-0.15, -0.1) is 12.4 Å². The molecule has 1 amide bonds. The number of halogens is 2. The molecule has 0 atom stereocenters. The Morgan fingerprint density at radius 3 is 2.63 bits per heavy atom. The summed E-state index contributed by atoms with van der Waals surface area (Å²) < 4.78 is 5.45. The molecular weight excluding hydrogens is 393 g/mol. The molecule has 150 valence electrons. The van der Waals surface area contributed by atoms with Crippen molar-refractivity contribution in [1.29, 1.82) is 0 Å². The van der Waals surface area contributed by atoms with Gasteiger partial charge in [-0.05, 0) is 50.3 Å².